The van der Waals surface area contributed by atoms with Gasteiger partial charge in [-0.15, -0.1) is 0 Å². The first-order valence-corrected chi connectivity index (χ1v) is 8.65. The van der Waals surface area contributed by atoms with Gasteiger partial charge in [0, 0.05) is 30.4 Å². The second-order valence-corrected chi connectivity index (χ2v) is 6.70. The average molecular weight is 340 g/mol. The van der Waals surface area contributed by atoms with Crippen molar-refractivity contribution in [3.05, 3.63) is 23.8 Å². The maximum absolute atomic E-state index is 13.2. The van der Waals surface area contributed by atoms with Gasteiger partial charge < -0.3 is 10.2 Å². The number of carbonyl (C=O) groups excluding carboxylic acids is 1. The fraction of sp³-hybridized carbons (Fsp3) is 0.611. The summed E-state index contributed by atoms with van der Waals surface area (Å²) in [5, 5.41) is 2.72. The van der Waals surface area contributed by atoms with Gasteiger partial charge in [-0.3, -0.25) is 4.79 Å². The molecule has 0 bridgehead atoms. The van der Waals surface area contributed by atoms with Crippen LogP contribution in [0.3, 0.4) is 0 Å². The third-order valence-corrected chi connectivity index (χ3v) is 5.25. The van der Waals surface area contributed by atoms with E-state index < -0.39 is 23.9 Å². The molecule has 1 aliphatic heterocycles. The summed E-state index contributed by atoms with van der Waals surface area (Å²) in [5.74, 6) is -3.00. The van der Waals surface area contributed by atoms with Gasteiger partial charge in [0.15, 0.2) is 0 Å². The van der Waals surface area contributed by atoms with Crippen molar-refractivity contribution in [1.82, 2.24) is 0 Å². The van der Waals surface area contributed by atoms with E-state index in [0.29, 0.717) is 24.9 Å². The molecule has 1 heterocycles. The summed E-state index contributed by atoms with van der Waals surface area (Å²) in [7, 11) is 0. The number of amides is 1. The number of nitrogens with one attached hydrogen (secondary N) is 1. The molecule has 1 aliphatic carbocycles. The Hall–Kier alpha value is -1.72. The van der Waals surface area contributed by atoms with Crippen molar-refractivity contribution in [3.63, 3.8) is 0 Å². The Labute approximate surface area is 140 Å². The molecule has 3 rings (SSSR count). The molecule has 0 radical (unpaired) electrons. The SMILES string of the molecule is CCN1CCc2ccc(NC(=O)C3CCCCC3C(F)(F)F)cc21. The number of alkyl halides is 3. The molecule has 1 saturated carbocycles. The minimum absolute atomic E-state index is 0.0510. The highest BCUT2D eigenvalue weighted by atomic mass is 19.4. The maximum Gasteiger partial charge on any atom is 0.392 e. The predicted molar refractivity (Wildman–Crippen MR) is 88.2 cm³/mol. The lowest BCUT2D eigenvalue weighted by Gasteiger charge is -2.32. The molecule has 2 atom stereocenters. The van der Waals surface area contributed by atoms with Gasteiger partial charge in [-0.2, -0.15) is 13.2 Å². The van der Waals surface area contributed by atoms with Gasteiger partial charge in [-0.1, -0.05) is 18.9 Å². The summed E-state index contributed by atoms with van der Waals surface area (Å²) in [6.45, 7) is 3.89. The smallest absolute Gasteiger partial charge is 0.371 e. The maximum atomic E-state index is 13.2. The Morgan fingerprint density at radius 2 is 2.04 bits per heavy atom. The van der Waals surface area contributed by atoms with Crippen molar-refractivity contribution in [1.29, 1.82) is 0 Å². The Morgan fingerprint density at radius 1 is 1.29 bits per heavy atom. The van der Waals surface area contributed by atoms with E-state index in [2.05, 4.69) is 17.1 Å². The van der Waals surface area contributed by atoms with Crippen molar-refractivity contribution < 1.29 is 18.0 Å². The topological polar surface area (TPSA) is 32.3 Å². The van der Waals surface area contributed by atoms with Crippen molar-refractivity contribution in [2.24, 2.45) is 11.8 Å². The minimum atomic E-state index is -4.31. The molecule has 132 valence electrons. The largest absolute Gasteiger partial charge is 0.392 e. The number of fused-ring (bicyclic) bond motifs is 1. The van der Waals surface area contributed by atoms with Gasteiger partial charge in [-0.05, 0) is 43.9 Å². The van der Waals surface area contributed by atoms with Crippen LogP contribution in [0.5, 0.6) is 0 Å². The van der Waals surface area contributed by atoms with E-state index in [1.54, 1.807) is 6.07 Å². The third-order valence-electron chi connectivity index (χ3n) is 5.25. The van der Waals surface area contributed by atoms with Crippen LogP contribution in [0.2, 0.25) is 0 Å². The van der Waals surface area contributed by atoms with E-state index in [1.165, 1.54) is 5.56 Å². The summed E-state index contributed by atoms with van der Waals surface area (Å²) >= 11 is 0. The van der Waals surface area contributed by atoms with Gasteiger partial charge in [0.05, 0.1) is 5.92 Å². The number of likely N-dealkylation sites (N-methyl/N-ethyl adjacent to an activating group) is 1. The van der Waals surface area contributed by atoms with Gasteiger partial charge in [0.25, 0.3) is 0 Å². The lowest BCUT2D eigenvalue weighted by atomic mass is 9.78. The molecule has 1 fully saturated rings. The van der Waals surface area contributed by atoms with Crippen LogP contribution >= 0.6 is 0 Å². The molecule has 2 aliphatic rings. The van der Waals surface area contributed by atoms with Crippen molar-refractivity contribution in [2.45, 2.75) is 45.2 Å². The van der Waals surface area contributed by atoms with Crippen LogP contribution in [0.1, 0.15) is 38.2 Å². The standard InChI is InChI=1S/C18H23F3N2O/c1-2-23-10-9-12-7-8-13(11-16(12)23)22-17(24)14-5-3-4-6-15(14)18(19,20)21/h7-8,11,14-15H,2-6,9-10H2,1H3,(H,22,24). The minimum Gasteiger partial charge on any atom is -0.371 e. The van der Waals surface area contributed by atoms with Crippen LogP contribution in [0, 0.1) is 11.8 Å². The first-order chi connectivity index (χ1) is 11.4. The number of halogens is 3. The summed E-state index contributed by atoms with van der Waals surface area (Å²) < 4.78 is 39.5. The summed E-state index contributed by atoms with van der Waals surface area (Å²) in [6.07, 6.45) is -1.76. The number of benzene rings is 1. The van der Waals surface area contributed by atoms with Crippen LogP contribution in [0.4, 0.5) is 24.5 Å². The molecule has 3 nitrogen and oxygen atoms in total. The lowest BCUT2D eigenvalue weighted by molar-refractivity contribution is -0.197. The van der Waals surface area contributed by atoms with Crippen LogP contribution in [-0.4, -0.2) is 25.2 Å². The molecule has 0 spiro atoms. The van der Waals surface area contributed by atoms with Crippen LogP contribution in [0.25, 0.3) is 0 Å². The van der Waals surface area contributed by atoms with Gasteiger partial charge in [0.1, 0.15) is 0 Å². The van der Waals surface area contributed by atoms with E-state index in [4.69, 9.17) is 0 Å². The molecular weight excluding hydrogens is 317 g/mol. The predicted octanol–water partition coefficient (Wildman–Crippen LogP) is 4.38. The van der Waals surface area contributed by atoms with Crippen molar-refractivity contribution in [2.75, 3.05) is 23.3 Å². The molecule has 1 aromatic carbocycles. The number of carbonyl (C=O) groups is 1. The first-order valence-electron chi connectivity index (χ1n) is 8.65. The van der Waals surface area contributed by atoms with Crippen LogP contribution < -0.4 is 10.2 Å². The number of hydrogen-bond donors (Lipinski definition) is 1. The zero-order valence-corrected chi connectivity index (χ0v) is 13.8. The van der Waals surface area contributed by atoms with Gasteiger partial charge >= 0.3 is 6.18 Å². The molecule has 24 heavy (non-hydrogen) atoms. The normalized spacial score (nSPS) is 23.9. The van der Waals surface area contributed by atoms with E-state index in [9.17, 15) is 18.0 Å². The quantitative estimate of drug-likeness (QED) is 0.886. The Balaban J connectivity index is 1.75. The molecule has 1 amide bonds. The Kier molecular flexibility index (Phi) is 4.74. The number of nitrogens with zero attached hydrogens (tertiary/aromatic N) is 1. The molecule has 1 N–H and O–H groups in total. The number of rotatable bonds is 3. The summed E-state index contributed by atoms with van der Waals surface area (Å²) in [6, 6.07) is 5.64. The molecular formula is C18H23F3N2O. The monoisotopic (exact) mass is 340 g/mol. The Bertz CT molecular complexity index is 615. The highest BCUT2D eigenvalue weighted by molar-refractivity contribution is 5.93. The molecule has 2 unspecified atom stereocenters. The lowest BCUT2D eigenvalue weighted by Crippen LogP contribution is -2.39. The van der Waals surface area contributed by atoms with Gasteiger partial charge in [-0.25, -0.2) is 0 Å². The highest BCUT2D eigenvalue weighted by Crippen LogP contribution is 2.42. The summed E-state index contributed by atoms with van der Waals surface area (Å²) in [5.41, 5.74) is 2.89. The molecule has 0 aromatic heterocycles. The zero-order chi connectivity index (χ0) is 17.3. The van der Waals surface area contributed by atoms with E-state index in [-0.39, 0.29) is 6.42 Å². The second-order valence-electron chi connectivity index (χ2n) is 6.70. The number of anilines is 2. The molecule has 1 aromatic rings. The first kappa shape index (κ1) is 17.1. The van der Waals surface area contributed by atoms with Crippen LogP contribution in [0.15, 0.2) is 18.2 Å². The highest BCUT2D eigenvalue weighted by Gasteiger charge is 2.48. The summed E-state index contributed by atoms with van der Waals surface area (Å²) in [4.78, 5) is 14.7. The van der Waals surface area contributed by atoms with Crippen LogP contribution in [-0.2, 0) is 11.2 Å². The fourth-order valence-electron chi connectivity index (χ4n) is 3.92. The van der Waals surface area contributed by atoms with Crippen molar-refractivity contribution >= 4 is 17.3 Å². The zero-order valence-electron chi connectivity index (χ0n) is 13.8. The van der Waals surface area contributed by atoms with E-state index in [1.807, 2.05) is 12.1 Å². The second kappa shape index (κ2) is 6.65. The van der Waals surface area contributed by atoms with Gasteiger partial charge in [0.2, 0.25) is 5.91 Å². The third kappa shape index (κ3) is 3.37. The molecule has 0 saturated heterocycles. The number of hydrogen-bond acceptors (Lipinski definition) is 2. The van der Waals surface area contributed by atoms with Crippen molar-refractivity contribution in [3.8, 4) is 0 Å². The van der Waals surface area contributed by atoms with E-state index in [0.717, 1.165) is 25.2 Å². The van der Waals surface area contributed by atoms with E-state index >= 15 is 0 Å². The fourth-order valence-corrected chi connectivity index (χ4v) is 3.92. The average Bonchev–Trinajstić information content (AvgIpc) is 2.96. The molecule has 6 heteroatoms. The Morgan fingerprint density at radius 3 is 2.75 bits per heavy atom.